The summed E-state index contributed by atoms with van der Waals surface area (Å²) in [5, 5.41) is 14.2. The number of para-hydroxylation sites is 2. The molecule has 4 aromatic rings. The zero-order valence-electron chi connectivity index (χ0n) is 15.9. The number of nitriles is 1. The van der Waals surface area contributed by atoms with E-state index in [4.69, 9.17) is 0 Å². The Morgan fingerprint density at radius 1 is 1.11 bits per heavy atom. The van der Waals surface area contributed by atoms with Crippen LogP contribution < -0.4 is 0 Å². The normalized spacial score (nSPS) is 12.1. The van der Waals surface area contributed by atoms with Crippen molar-refractivity contribution in [2.45, 2.75) is 19.8 Å². The molecule has 6 nitrogen and oxygen atoms in total. The van der Waals surface area contributed by atoms with Crippen molar-refractivity contribution in [3.63, 3.8) is 0 Å². The lowest BCUT2D eigenvalue weighted by Crippen LogP contribution is -2.15. The molecule has 0 radical (unpaired) electrons. The van der Waals surface area contributed by atoms with E-state index in [9.17, 15) is 10.1 Å². The van der Waals surface area contributed by atoms with Crippen LogP contribution in [0, 0.1) is 25.2 Å². The third kappa shape index (κ3) is 2.87. The standard InChI is InChI=1S/C22H19N5O/c1-14-12-15(2)27(25-14)17-10-8-16(9-11-17)21(28)18(13-23)22-24-19-6-4-5-7-20(19)26(22)3/h4-12,18H,1-3H3/t18-/m1/s1. The van der Waals surface area contributed by atoms with Crippen LogP contribution in [0.2, 0.25) is 0 Å². The van der Waals surface area contributed by atoms with Crippen LogP contribution >= 0.6 is 0 Å². The molecule has 1 atom stereocenters. The smallest absolute Gasteiger partial charge is 0.187 e. The fourth-order valence-corrected chi connectivity index (χ4v) is 3.48. The van der Waals surface area contributed by atoms with E-state index in [0.717, 1.165) is 28.1 Å². The maximum atomic E-state index is 13.0. The monoisotopic (exact) mass is 369 g/mol. The zero-order valence-corrected chi connectivity index (χ0v) is 15.9. The Morgan fingerprint density at radius 2 is 1.82 bits per heavy atom. The lowest BCUT2D eigenvalue weighted by atomic mass is 9.98. The minimum Gasteiger partial charge on any atom is -0.330 e. The van der Waals surface area contributed by atoms with Crippen LogP contribution in [0.1, 0.15) is 33.5 Å². The highest BCUT2D eigenvalue weighted by Gasteiger charge is 2.27. The first kappa shape index (κ1) is 17.7. The number of benzene rings is 2. The summed E-state index contributed by atoms with van der Waals surface area (Å²) in [5.74, 6) is -0.769. The van der Waals surface area contributed by atoms with Crippen molar-refractivity contribution < 1.29 is 4.79 Å². The average molecular weight is 369 g/mol. The van der Waals surface area contributed by atoms with Gasteiger partial charge in [-0.2, -0.15) is 10.4 Å². The summed E-state index contributed by atoms with van der Waals surface area (Å²) in [5.41, 5.74) is 4.97. The van der Waals surface area contributed by atoms with E-state index in [0.29, 0.717) is 11.4 Å². The molecule has 6 heteroatoms. The van der Waals surface area contributed by atoms with Gasteiger partial charge < -0.3 is 4.57 Å². The lowest BCUT2D eigenvalue weighted by molar-refractivity contribution is 0.0975. The van der Waals surface area contributed by atoms with Crippen molar-refractivity contribution in [2.75, 3.05) is 0 Å². The van der Waals surface area contributed by atoms with Crippen molar-refractivity contribution in [1.29, 1.82) is 5.26 Å². The first-order chi connectivity index (χ1) is 13.5. The molecule has 0 fully saturated rings. The van der Waals surface area contributed by atoms with Crippen LogP contribution in [0.25, 0.3) is 16.7 Å². The number of fused-ring (bicyclic) bond motifs is 1. The van der Waals surface area contributed by atoms with Crippen molar-refractivity contribution in [3.05, 3.63) is 77.4 Å². The highest BCUT2D eigenvalue weighted by Crippen LogP contribution is 2.24. The van der Waals surface area contributed by atoms with E-state index in [1.54, 1.807) is 12.1 Å². The Morgan fingerprint density at radius 3 is 2.43 bits per heavy atom. The number of hydrogen-bond acceptors (Lipinski definition) is 4. The van der Waals surface area contributed by atoms with Crippen molar-refractivity contribution in [3.8, 4) is 11.8 Å². The number of ketones is 1. The second kappa shape index (κ2) is 6.78. The van der Waals surface area contributed by atoms with Gasteiger partial charge in [-0.1, -0.05) is 12.1 Å². The first-order valence-corrected chi connectivity index (χ1v) is 8.98. The molecule has 0 aliphatic rings. The minimum atomic E-state index is -0.961. The van der Waals surface area contributed by atoms with Gasteiger partial charge in [-0.25, -0.2) is 9.67 Å². The van der Waals surface area contributed by atoms with Crippen LogP contribution in [0.4, 0.5) is 0 Å². The highest BCUT2D eigenvalue weighted by atomic mass is 16.1. The SMILES string of the molecule is Cc1cc(C)n(-c2ccc(C(=O)[C@@H](C#N)c3nc4ccccc4n3C)cc2)n1. The second-order valence-corrected chi connectivity index (χ2v) is 6.83. The van der Waals surface area contributed by atoms with Gasteiger partial charge in [-0.15, -0.1) is 0 Å². The molecule has 0 aliphatic heterocycles. The molecular formula is C22H19N5O. The molecule has 0 saturated heterocycles. The summed E-state index contributed by atoms with van der Waals surface area (Å²) in [6, 6.07) is 18.9. The molecule has 4 rings (SSSR count). The van der Waals surface area contributed by atoms with E-state index in [1.165, 1.54) is 0 Å². The summed E-state index contributed by atoms with van der Waals surface area (Å²) in [6.45, 7) is 3.92. The number of carbonyl (C=O) groups is 1. The summed E-state index contributed by atoms with van der Waals surface area (Å²) >= 11 is 0. The molecule has 138 valence electrons. The molecule has 0 amide bonds. The molecule has 0 spiro atoms. The number of Topliss-reactive ketones (excluding diaryl/α,β-unsaturated/α-hetero) is 1. The molecule has 2 heterocycles. The van der Waals surface area contributed by atoms with Gasteiger partial charge in [0.2, 0.25) is 0 Å². The third-order valence-corrected chi connectivity index (χ3v) is 4.88. The molecule has 0 aliphatic carbocycles. The molecule has 0 N–H and O–H groups in total. The zero-order chi connectivity index (χ0) is 19.8. The topological polar surface area (TPSA) is 76.5 Å². The van der Waals surface area contributed by atoms with Gasteiger partial charge in [-0.05, 0) is 56.3 Å². The van der Waals surface area contributed by atoms with Crippen molar-refractivity contribution in [1.82, 2.24) is 19.3 Å². The summed E-state index contributed by atoms with van der Waals surface area (Å²) < 4.78 is 3.64. The Labute approximate surface area is 162 Å². The summed E-state index contributed by atoms with van der Waals surface area (Å²) in [7, 11) is 1.83. The molecule has 2 aromatic heterocycles. The maximum Gasteiger partial charge on any atom is 0.187 e. The summed E-state index contributed by atoms with van der Waals surface area (Å²) in [4.78, 5) is 17.5. The van der Waals surface area contributed by atoms with E-state index in [-0.39, 0.29) is 5.78 Å². The molecule has 2 aromatic carbocycles. The molecule has 0 unspecified atom stereocenters. The van der Waals surface area contributed by atoms with Gasteiger partial charge >= 0.3 is 0 Å². The fraction of sp³-hybridized carbons (Fsp3) is 0.182. The largest absolute Gasteiger partial charge is 0.330 e. The Bertz CT molecular complexity index is 1220. The quantitative estimate of drug-likeness (QED) is 0.512. The van der Waals surface area contributed by atoms with Gasteiger partial charge in [0.15, 0.2) is 11.7 Å². The van der Waals surface area contributed by atoms with Crippen LogP contribution in [0.5, 0.6) is 0 Å². The number of rotatable bonds is 4. The highest BCUT2D eigenvalue weighted by molar-refractivity contribution is 6.02. The van der Waals surface area contributed by atoms with Gasteiger partial charge in [-0.3, -0.25) is 4.79 Å². The molecule has 0 saturated carbocycles. The first-order valence-electron chi connectivity index (χ1n) is 8.98. The summed E-state index contributed by atoms with van der Waals surface area (Å²) in [6.07, 6.45) is 0. The van der Waals surface area contributed by atoms with Crippen molar-refractivity contribution >= 4 is 16.8 Å². The minimum absolute atomic E-state index is 0.263. The Kier molecular flexibility index (Phi) is 4.28. The number of carbonyl (C=O) groups excluding carboxylic acids is 1. The number of imidazole rings is 1. The second-order valence-electron chi connectivity index (χ2n) is 6.83. The van der Waals surface area contributed by atoms with Gasteiger partial charge in [0.25, 0.3) is 0 Å². The molecular weight excluding hydrogens is 350 g/mol. The number of nitrogens with zero attached hydrogens (tertiary/aromatic N) is 5. The Hall–Kier alpha value is -3.72. The van der Waals surface area contributed by atoms with Gasteiger partial charge in [0, 0.05) is 18.3 Å². The van der Waals surface area contributed by atoms with Gasteiger partial charge in [0.05, 0.1) is 28.5 Å². The van der Waals surface area contributed by atoms with E-state index in [1.807, 2.05) is 72.6 Å². The molecule has 28 heavy (non-hydrogen) atoms. The third-order valence-electron chi connectivity index (χ3n) is 4.88. The number of aromatic nitrogens is 4. The predicted octanol–water partition coefficient (Wildman–Crippen LogP) is 3.87. The van der Waals surface area contributed by atoms with E-state index in [2.05, 4.69) is 16.2 Å². The van der Waals surface area contributed by atoms with Crippen molar-refractivity contribution in [2.24, 2.45) is 7.05 Å². The van der Waals surface area contributed by atoms with E-state index < -0.39 is 5.92 Å². The van der Waals surface area contributed by atoms with Crippen LogP contribution in [-0.2, 0) is 7.05 Å². The van der Waals surface area contributed by atoms with Gasteiger partial charge in [0.1, 0.15) is 5.82 Å². The number of hydrogen-bond donors (Lipinski definition) is 0. The maximum absolute atomic E-state index is 13.0. The predicted molar refractivity (Wildman–Crippen MR) is 106 cm³/mol. The Balaban J connectivity index is 1.68. The average Bonchev–Trinajstić information content (AvgIpc) is 3.22. The lowest BCUT2D eigenvalue weighted by Gasteiger charge is -2.10. The molecule has 0 bridgehead atoms. The van der Waals surface area contributed by atoms with Crippen LogP contribution in [0.15, 0.2) is 54.6 Å². The fourth-order valence-electron chi connectivity index (χ4n) is 3.48. The van der Waals surface area contributed by atoms with Crippen LogP contribution in [-0.4, -0.2) is 25.1 Å². The van der Waals surface area contributed by atoms with Crippen LogP contribution in [0.3, 0.4) is 0 Å². The number of aryl methyl sites for hydroxylation is 3. The van der Waals surface area contributed by atoms with E-state index >= 15 is 0 Å².